The molecule has 0 bridgehead atoms. The fourth-order valence-electron chi connectivity index (χ4n) is 3.22. The molecule has 2 aromatic carbocycles. The second-order valence-electron chi connectivity index (χ2n) is 6.62. The van der Waals surface area contributed by atoms with Crippen LogP contribution in [0.2, 0.25) is 0 Å². The molecule has 2 amide bonds. The van der Waals surface area contributed by atoms with E-state index in [1.54, 1.807) is 31.4 Å². The number of thioether (sulfide) groups is 1. The van der Waals surface area contributed by atoms with Gasteiger partial charge in [-0.05, 0) is 48.7 Å². The molecule has 0 saturated heterocycles. The Morgan fingerprint density at radius 3 is 2.77 bits per heavy atom. The van der Waals surface area contributed by atoms with Crippen molar-refractivity contribution in [2.75, 3.05) is 29.6 Å². The van der Waals surface area contributed by atoms with Gasteiger partial charge in [0.25, 0.3) is 5.91 Å². The number of nitrogens with zero attached hydrogens (tertiary/aromatic N) is 3. The third-order valence-corrected chi connectivity index (χ3v) is 6.67. The van der Waals surface area contributed by atoms with E-state index in [-0.39, 0.29) is 17.6 Å². The van der Waals surface area contributed by atoms with Crippen LogP contribution in [0.15, 0.2) is 52.9 Å². The van der Waals surface area contributed by atoms with Gasteiger partial charge in [-0.25, -0.2) is 0 Å². The van der Waals surface area contributed by atoms with E-state index < -0.39 is 0 Å². The molecular weight excluding hydrogens is 420 g/mol. The van der Waals surface area contributed by atoms with Gasteiger partial charge in [0, 0.05) is 17.8 Å². The minimum atomic E-state index is -0.272. The Labute approximate surface area is 182 Å². The van der Waals surface area contributed by atoms with Crippen LogP contribution in [0.5, 0.6) is 5.75 Å². The van der Waals surface area contributed by atoms with Crippen LogP contribution >= 0.6 is 23.1 Å². The highest BCUT2D eigenvalue weighted by Crippen LogP contribution is 2.30. The molecule has 4 rings (SSSR count). The summed E-state index contributed by atoms with van der Waals surface area (Å²) in [5, 5.41) is 11.2. The zero-order valence-corrected chi connectivity index (χ0v) is 18.0. The number of amides is 2. The van der Waals surface area contributed by atoms with E-state index >= 15 is 0 Å². The Balaban J connectivity index is 1.33. The van der Waals surface area contributed by atoms with Crippen molar-refractivity contribution >= 4 is 45.7 Å². The first-order chi connectivity index (χ1) is 14.6. The molecule has 0 radical (unpaired) electrons. The van der Waals surface area contributed by atoms with Crippen LogP contribution in [0, 0.1) is 0 Å². The molecule has 30 heavy (non-hydrogen) atoms. The number of hydrogen-bond donors (Lipinski definition) is 1. The van der Waals surface area contributed by atoms with Crippen molar-refractivity contribution in [3.05, 3.63) is 59.7 Å². The number of carbonyl (C=O) groups is 2. The molecule has 1 N–H and O–H groups in total. The van der Waals surface area contributed by atoms with Gasteiger partial charge in [0.1, 0.15) is 5.75 Å². The van der Waals surface area contributed by atoms with Gasteiger partial charge in [0.15, 0.2) is 4.34 Å². The maximum absolute atomic E-state index is 12.7. The SMILES string of the molecule is COc1ccc(C(=O)Nc2nnc(SCC(=O)N3CCCc4ccccc43)s2)cc1. The highest BCUT2D eigenvalue weighted by atomic mass is 32.2. The Bertz CT molecular complexity index is 1050. The number of ether oxygens (including phenoxy) is 1. The fraction of sp³-hybridized carbons (Fsp3) is 0.238. The van der Waals surface area contributed by atoms with Crippen LogP contribution in [-0.4, -0.2) is 41.4 Å². The Hall–Kier alpha value is -2.91. The second kappa shape index (κ2) is 9.27. The Morgan fingerprint density at radius 2 is 1.97 bits per heavy atom. The van der Waals surface area contributed by atoms with Crippen molar-refractivity contribution in [3.63, 3.8) is 0 Å². The Morgan fingerprint density at radius 1 is 1.17 bits per heavy atom. The number of para-hydroxylation sites is 1. The number of hydrogen-bond acceptors (Lipinski definition) is 7. The van der Waals surface area contributed by atoms with Gasteiger partial charge in [-0.15, -0.1) is 10.2 Å². The number of benzene rings is 2. The summed E-state index contributed by atoms with van der Waals surface area (Å²) >= 11 is 2.58. The van der Waals surface area contributed by atoms with E-state index in [0.717, 1.165) is 25.1 Å². The quantitative estimate of drug-likeness (QED) is 0.463. The van der Waals surface area contributed by atoms with E-state index in [9.17, 15) is 9.59 Å². The Kier molecular flexibility index (Phi) is 6.29. The second-order valence-corrected chi connectivity index (χ2v) is 8.82. The van der Waals surface area contributed by atoms with Crippen LogP contribution in [0.25, 0.3) is 0 Å². The molecule has 1 aromatic heterocycles. The third kappa shape index (κ3) is 4.63. The van der Waals surface area contributed by atoms with Gasteiger partial charge in [-0.3, -0.25) is 14.9 Å². The van der Waals surface area contributed by atoms with Crippen molar-refractivity contribution in [1.82, 2.24) is 10.2 Å². The first-order valence-corrected chi connectivity index (χ1v) is 11.2. The topological polar surface area (TPSA) is 84.4 Å². The van der Waals surface area contributed by atoms with Crippen LogP contribution in [-0.2, 0) is 11.2 Å². The summed E-state index contributed by atoms with van der Waals surface area (Å²) in [4.78, 5) is 26.9. The summed E-state index contributed by atoms with van der Waals surface area (Å²) in [5.41, 5.74) is 2.71. The molecule has 0 aliphatic carbocycles. The van der Waals surface area contributed by atoms with Crippen molar-refractivity contribution in [2.24, 2.45) is 0 Å². The van der Waals surface area contributed by atoms with Gasteiger partial charge in [0.05, 0.1) is 12.9 Å². The average Bonchev–Trinajstić information content (AvgIpc) is 3.24. The molecule has 3 aromatic rings. The van der Waals surface area contributed by atoms with Gasteiger partial charge in [0.2, 0.25) is 11.0 Å². The van der Waals surface area contributed by atoms with Crippen LogP contribution in [0.1, 0.15) is 22.3 Å². The molecule has 154 valence electrons. The lowest BCUT2D eigenvalue weighted by Gasteiger charge is -2.29. The molecule has 0 spiro atoms. The van der Waals surface area contributed by atoms with E-state index in [4.69, 9.17) is 4.74 Å². The number of nitrogens with one attached hydrogen (secondary N) is 1. The standard InChI is InChI=1S/C21H20N4O3S2/c1-28-16-10-8-15(9-11-16)19(27)22-20-23-24-21(30-20)29-13-18(26)25-12-4-6-14-5-2-3-7-17(14)25/h2-3,5,7-11H,4,6,12-13H2,1H3,(H,22,23,27). The molecule has 7 nitrogen and oxygen atoms in total. The normalized spacial score (nSPS) is 12.9. The first kappa shape index (κ1) is 20.4. The monoisotopic (exact) mass is 440 g/mol. The summed E-state index contributed by atoms with van der Waals surface area (Å²) in [6.45, 7) is 0.732. The fourth-order valence-corrected chi connectivity index (χ4v) is 4.85. The largest absolute Gasteiger partial charge is 0.497 e. The first-order valence-electron chi connectivity index (χ1n) is 9.44. The minimum absolute atomic E-state index is 0.0474. The summed E-state index contributed by atoms with van der Waals surface area (Å²) in [6.07, 6.45) is 1.97. The summed E-state index contributed by atoms with van der Waals surface area (Å²) in [7, 11) is 1.57. The highest BCUT2D eigenvalue weighted by molar-refractivity contribution is 8.01. The lowest BCUT2D eigenvalue weighted by Crippen LogP contribution is -2.36. The average molecular weight is 441 g/mol. The zero-order chi connectivity index (χ0) is 20.9. The van der Waals surface area contributed by atoms with E-state index in [1.165, 1.54) is 28.7 Å². The number of aromatic nitrogens is 2. The van der Waals surface area contributed by atoms with Crippen molar-refractivity contribution < 1.29 is 14.3 Å². The number of aryl methyl sites for hydroxylation is 1. The van der Waals surface area contributed by atoms with Crippen LogP contribution in [0.3, 0.4) is 0 Å². The van der Waals surface area contributed by atoms with E-state index in [1.807, 2.05) is 23.1 Å². The van der Waals surface area contributed by atoms with Crippen LogP contribution < -0.4 is 15.0 Å². The molecule has 0 unspecified atom stereocenters. The minimum Gasteiger partial charge on any atom is -0.497 e. The highest BCUT2D eigenvalue weighted by Gasteiger charge is 2.22. The zero-order valence-electron chi connectivity index (χ0n) is 16.3. The number of methoxy groups -OCH3 is 1. The molecule has 0 saturated carbocycles. The number of fused-ring (bicyclic) bond motifs is 1. The predicted octanol–water partition coefficient (Wildman–Crippen LogP) is 3.87. The lowest BCUT2D eigenvalue weighted by molar-refractivity contribution is -0.116. The predicted molar refractivity (Wildman–Crippen MR) is 119 cm³/mol. The third-order valence-electron chi connectivity index (χ3n) is 4.71. The van der Waals surface area contributed by atoms with Crippen molar-refractivity contribution in [3.8, 4) is 5.75 Å². The van der Waals surface area contributed by atoms with E-state index in [0.29, 0.717) is 20.8 Å². The van der Waals surface area contributed by atoms with Gasteiger partial charge in [-0.2, -0.15) is 0 Å². The summed E-state index contributed by atoms with van der Waals surface area (Å²) < 4.78 is 5.73. The maximum atomic E-state index is 12.7. The maximum Gasteiger partial charge on any atom is 0.257 e. The summed E-state index contributed by atoms with van der Waals surface area (Å²) in [6, 6.07) is 14.8. The molecule has 1 aliphatic rings. The summed E-state index contributed by atoms with van der Waals surface area (Å²) in [5.74, 6) is 0.731. The lowest BCUT2D eigenvalue weighted by atomic mass is 10.0. The van der Waals surface area contributed by atoms with Crippen molar-refractivity contribution in [2.45, 2.75) is 17.2 Å². The number of carbonyl (C=O) groups excluding carboxylic acids is 2. The molecule has 0 fully saturated rings. The smallest absolute Gasteiger partial charge is 0.257 e. The number of anilines is 2. The molecular formula is C21H20N4O3S2. The van der Waals surface area contributed by atoms with Gasteiger partial charge < -0.3 is 9.64 Å². The van der Waals surface area contributed by atoms with Crippen molar-refractivity contribution in [1.29, 1.82) is 0 Å². The number of rotatable bonds is 6. The molecule has 2 heterocycles. The van der Waals surface area contributed by atoms with Gasteiger partial charge in [-0.1, -0.05) is 41.3 Å². The van der Waals surface area contributed by atoms with Gasteiger partial charge >= 0.3 is 0 Å². The molecule has 0 atom stereocenters. The molecule has 9 heteroatoms. The van der Waals surface area contributed by atoms with Crippen LogP contribution in [0.4, 0.5) is 10.8 Å². The molecule has 1 aliphatic heterocycles. The van der Waals surface area contributed by atoms with E-state index in [2.05, 4.69) is 21.6 Å².